The predicted octanol–water partition coefficient (Wildman–Crippen LogP) is 0.161. The second-order valence-corrected chi connectivity index (χ2v) is 5.15. The number of carboxylic acids is 1. The Kier molecular flexibility index (Phi) is 5.35. The van der Waals surface area contributed by atoms with Gasteiger partial charge in [0.25, 0.3) is 5.91 Å². The van der Waals surface area contributed by atoms with Crippen LogP contribution in [0.5, 0.6) is 5.75 Å². The Hall–Kier alpha value is -2.57. The highest BCUT2D eigenvalue weighted by Crippen LogP contribution is 2.27. The molecule has 0 saturated heterocycles. The Morgan fingerprint density at radius 1 is 1.14 bits per heavy atom. The molecule has 1 saturated carbocycles. The van der Waals surface area contributed by atoms with Crippen LogP contribution in [0.1, 0.15) is 12.8 Å². The van der Waals surface area contributed by atoms with E-state index >= 15 is 0 Å². The highest BCUT2D eigenvalue weighted by atomic mass is 16.5. The normalized spacial score (nSPS) is 19.6. The average molecular weight is 306 g/mol. The van der Waals surface area contributed by atoms with Crippen LogP contribution >= 0.6 is 0 Å². The van der Waals surface area contributed by atoms with Crippen molar-refractivity contribution in [1.82, 2.24) is 10.6 Å². The zero-order valence-electron chi connectivity index (χ0n) is 12.0. The molecule has 2 rings (SSSR count). The van der Waals surface area contributed by atoms with Crippen molar-refractivity contribution < 1.29 is 24.2 Å². The van der Waals surface area contributed by atoms with E-state index in [1.165, 1.54) is 0 Å². The molecule has 1 aliphatic rings. The van der Waals surface area contributed by atoms with E-state index in [0.717, 1.165) is 0 Å². The molecular formula is C15H18N2O5. The molecule has 0 bridgehead atoms. The van der Waals surface area contributed by atoms with Crippen LogP contribution in [0.4, 0.5) is 0 Å². The summed E-state index contributed by atoms with van der Waals surface area (Å²) in [4.78, 5) is 33.8. The van der Waals surface area contributed by atoms with Crippen molar-refractivity contribution in [2.75, 3.05) is 13.2 Å². The Morgan fingerprint density at radius 2 is 1.82 bits per heavy atom. The molecule has 1 fully saturated rings. The quantitative estimate of drug-likeness (QED) is 0.665. The summed E-state index contributed by atoms with van der Waals surface area (Å²) in [6.45, 7) is -0.312. The number of para-hydroxylation sites is 1. The summed E-state index contributed by atoms with van der Waals surface area (Å²) in [6, 6.07) is 8.77. The van der Waals surface area contributed by atoms with Gasteiger partial charge in [0.15, 0.2) is 6.61 Å². The summed E-state index contributed by atoms with van der Waals surface area (Å²) in [5, 5.41) is 13.9. The van der Waals surface area contributed by atoms with Crippen LogP contribution in [-0.2, 0) is 14.4 Å². The van der Waals surface area contributed by atoms with Gasteiger partial charge in [0, 0.05) is 6.04 Å². The first-order valence-electron chi connectivity index (χ1n) is 7.01. The standard InChI is InChI=1S/C15H18N2O5/c18-13(17-11-6-10(7-11)15(20)21)8-16-14(19)9-22-12-4-2-1-3-5-12/h1-5,10-11H,6-9H2,(H,16,19)(H,17,18)(H,20,21). The van der Waals surface area contributed by atoms with Crippen LogP contribution in [0.3, 0.4) is 0 Å². The summed E-state index contributed by atoms with van der Waals surface area (Å²) in [7, 11) is 0. The molecule has 2 amide bonds. The molecule has 0 aliphatic heterocycles. The van der Waals surface area contributed by atoms with Crippen LogP contribution in [-0.4, -0.2) is 42.1 Å². The Labute approximate surface area is 127 Å². The molecule has 118 valence electrons. The molecule has 0 atom stereocenters. The fourth-order valence-electron chi connectivity index (χ4n) is 2.11. The van der Waals surface area contributed by atoms with Gasteiger partial charge in [-0.3, -0.25) is 14.4 Å². The molecule has 3 N–H and O–H groups in total. The molecule has 0 radical (unpaired) electrons. The molecule has 0 heterocycles. The number of carbonyl (C=O) groups excluding carboxylic acids is 2. The number of nitrogens with one attached hydrogen (secondary N) is 2. The summed E-state index contributed by atoms with van der Waals surface area (Å²) in [6.07, 6.45) is 0.873. The van der Waals surface area contributed by atoms with Gasteiger partial charge in [0.2, 0.25) is 5.91 Å². The monoisotopic (exact) mass is 306 g/mol. The van der Waals surface area contributed by atoms with Gasteiger partial charge >= 0.3 is 5.97 Å². The van der Waals surface area contributed by atoms with Crippen LogP contribution in [0.25, 0.3) is 0 Å². The maximum absolute atomic E-state index is 11.6. The van der Waals surface area contributed by atoms with Crippen molar-refractivity contribution in [3.05, 3.63) is 30.3 Å². The van der Waals surface area contributed by atoms with E-state index in [4.69, 9.17) is 9.84 Å². The summed E-state index contributed by atoms with van der Waals surface area (Å²) >= 11 is 0. The van der Waals surface area contributed by atoms with Crippen molar-refractivity contribution in [2.45, 2.75) is 18.9 Å². The Bertz CT molecular complexity index is 540. The topological polar surface area (TPSA) is 105 Å². The molecule has 0 unspecified atom stereocenters. The number of aliphatic carboxylic acids is 1. The highest BCUT2D eigenvalue weighted by molar-refractivity contribution is 5.85. The first-order valence-corrected chi connectivity index (χ1v) is 7.01. The minimum atomic E-state index is -0.836. The van der Waals surface area contributed by atoms with Gasteiger partial charge in [-0.2, -0.15) is 0 Å². The third kappa shape index (κ3) is 4.76. The number of amides is 2. The van der Waals surface area contributed by atoms with Crippen molar-refractivity contribution in [3.63, 3.8) is 0 Å². The van der Waals surface area contributed by atoms with Crippen LogP contribution < -0.4 is 15.4 Å². The molecule has 22 heavy (non-hydrogen) atoms. The van der Waals surface area contributed by atoms with E-state index in [1.54, 1.807) is 24.3 Å². The Balaban J connectivity index is 1.58. The number of hydrogen-bond acceptors (Lipinski definition) is 4. The molecular weight excluding hydrogens is 288 g/mol. The fraction of sp³-hybridized carbons (Fsp3) is 0.400. The van der Waals surface area contributed by atoms with Crippen molar-refractivity contribution in [3.8, 4) is 5.75 Å². The maximum Gasteiger partial charge on any atom is 0.306 e. The lowest BCUT2D eigenvalue weighted by atomic mass is 9.80. The average Bonchev–Trinajstić information content (AvgIpc) is 2.47. The lowest BCUT2D eigenvalue weighted by molar-refractivity contribution is -0.146. The fourth-order valence-corrected chi connectivity index (χ4v) is 2.11. The maximum atomic E-state index is 11.6. The molecule has 1 aliphatic carbocycles. The molecule has 1 aromatic rings. The van der Waals surface area contributed by atoms with Crippen LogP contribution in [0.2, 0.25) is 0 Å². The van der Waals surface area contributed by atoms with Crippen LogP contribution in [0.15, 0.2) is 30.3 Å². The third-order valence-electron chi connectivity index (χ3n) is 3.41. The number of carboxylic acid groups (broad SMARTS) is 1. The molecule has 0 aromatic heterocycles. The molecule has 0 spiro atoms. The van der Waals surface area contributed by atoms with Gasteiger partial charge in [-0.15, -0.1) is 0 Å². The first kappa shape index (κ1) is 15.8. The minimum Gasteiger partial charge on any atom is -0.484 e. The van der Waals surface area contributed by atoms with Gasteiger partial charge in [-0.25, -0.2) is 0 Å². The Morgan fingerprint density at radius 3 is 2.45 bits per heavy atom. The number of rotatable bonds is 7. The SMILES string of the molecule is O=C(COc1ccccc1)NCC(=O)NC1CC(C(=O)O)C1. The minimum absolute atomic E-state index is 0.119. The first-order chi connectivity index (χ1) is 10.5. The second-order valence-electron chi connectivity index (χ2n) is 5.15. The van der Waals surface area contributed by atoms with E-state index in [0.29, 0.717) is 18.6 Å². The largest absolute Gasteiger partial charge is 0.484 e. The summed E-state index contributed by atoms with van der Waals surface area (Å²) in [5.41, 5.74) is 0. The van der Waals surface area contributed by atoms with Gasteiger partial charge in [-0.1, -0.05) is 18.2 Å². The summed E-state index contributed by atoms with van der Waals surface area (Å²) < 4.78 is 5.24. The smallest absolute Gasteiger partial charge is 0.306 e. The predicted molar refractivity (Wildman–Crippen MR) is 77.2 cm³/mol. The molecule has 7 nitrogen and oxygen atoms in total. The van der Waals surface area contributed by atoms with Crippen molar-refractivity contribution >= 4 is 17.8 Å². The van der Waals surface area contributed by atoms with Crippen molar-refractivity contribution in [1.29, 1.82) is 0 Å². The molecule has 1 aromatic carbocycles. The lowest BCUT2D eigenvalue weighted by Crippen LogP contribution is -2.49. The third-order valence-corrected chi connectivity index (χ3v) is 3.41. The van der Waals surface area contributed by atoms with Crippen LogP contribution in [0, 0.1) is 5.92 Å². The van der Waals surface area contributed by atoms with Gasteiger partial charge < -0.3 is 20.5 Å². The van der Waals surface area contributed by atoms with E-state index in [2.05, 4.69) is 10.6 Å². The zero-order chi connectivity index (χ0) is 15.9. The van der Waals surface area contributed by atoms with E-state index in [1.807, 2.05) is 6.07 Å². The number of hydrogen-bond donors (Lipinski definition) is 3. The van der Waals surface area contributed by atoms with Gasteiger partial charge in [-0.05, 0) is 25.0 Å². The van der Waals surface area contributed by atoms with Gasteiger partial charge in [0.05, 0.1) is 12.5 Å². The zero-order valence-corrected chi connectivity index (χ0v) is 12.0. The second kappa shape index (κ2) is 7.44. The van der Waals surface area contributed by atoms with E-state index in [9.17, 15) is 14.4 Å². The van der Waals surface area contributed by atoms with E-state index in [-0.39, 0.29) is 31.0 Å². The number of carbonyl (C=O) groups is 3. The van der Waals surface area contributed by atoms with E-state index < -0.39 is 11.9 Å². The highest BCUT2D eigenvalue weighted by Gasteiger charge is 2.35. The lowest BCUT2D eigenvalue weighted by Gasteiger charge is -2.32. The number of benzene rings is 1. The number of ether oxygens (including phenoxy) is 1. The van der Waals surface area contributed by atoms with Gasteiger partial charge in [0.1, 0.15) is 5.75 Å². The van der Waals surface area contributed by atoms with Crippen molar-refractivity contribution in [2.24, 2.45) is 5.92 Å². The molecule has 7 heteroatoms. The summed E-state index contributed by atoms with van der Waals surface area (Å²) in [5.74, 6) is -1.36.